The quantitative estimate of drug-likeness (QED) is 0.539. The molecule has 4 heteroatoms. The first kappa shape index (κ1) is 7.32. The Morgan fingerprint density at radius 2 is 1.71 bits per heavy atom. The van der Waals surface area contributed by atoms with Gasteiger partial charge in [0, 0.05) is 17.5 Å². The molecule has 14 heavy (non-hydrogen) atoms. The summed E-state index contributed by atoms with van der Waals surface area (Å²) >= 11 is 0. The van der Waals surface area contributed by atoms with Crippen LogP contribution >= 0.6 is 0 Å². The Balaban J connectivity index is 2.57. The summed E-state index contributed by atoms with van der Waals surface area (Å²) in [5.41, 5.74) is 1.58. The summed E-state index contributed by atoms with van der Waals surface area (Å²) in [5, 5.41) is 0.771. The molecule has 3 aromatic rings. The van der Waals surface area contributed by atoms with Gasteiger partial charge in [-0.25, -0.2) is 4.98 Å². The topological polar surface area (TPSA) is 56.2 Å². The first-order valence-corrected chi connectivity index (χ1v) is 4.10. The first-order valence-electron chi connectivity index (χ1n) is 4.10. The number of aromatic nitrogens is 1. The van der Waals surface area contributed by atoms with E-state index in [2.05, 4.69) is 4.98 Å². The lowest BCUT2D eigenvalue weighted by Crippen LogP contribution is -1.92. The molecule has 0 spiro atoms. The molecule has 0 unspecified atom stereocenters. The lowest BCUT2D eigenvalue weighted by atomic mass is 10.2. The summed E-state index contributed by atoms with van der Waals surface area (Å²) in [4.78, 5) is 14.8. The van der Waals surface area contributed by atoms with Crippen LogP contribution in [-0.2, 0) is 0 Å². The van der Waals surface area contributed by atoms with Gasteiger partial charge in [-0.15, -0.1) is 0 Å². The van der Waals surface area contributed by atoms with Gasteiger partial charge in [0.05, 0.1) is 5.52 Å². The highest BCUT2D eigenvalue weighted by Gasteiger charge is 2.04. The highest BCUT2D eigenvalue weighted by Crippen LogP contribution is 2.19. The van der Waals surface area contributed by atoms with Crippen LogP contribution in [-0.4, -0.2) is 4.98 Å². The molecule has 0 atom stereocenters. The number of hydrogen-bond donors (Lipinski definition) is 0. The Bertz CT molecular complexity index is 610. The van der Waals surface area contributed by atoms with Gasteiger partial charge in [-0.3, -0.25) is 4.79 Å². The van der Waals surface area contributed by atoms with Gasteiger partial charge in [-0.1, -0.05) is 0 Å². The van der Waals surface area contributed by atoms with Gasteiger partial charge in [0.25, 0.3) is 5.56 Å². The van der Waals surface area contributed by atoms with E-state index in [1.807, 2.05) is 0 Å². The molecule has 0 saturated heterocycles. The zero-order valence-corrected chi connectivity index (χ0v) is 7.06. The Morgan fingerprint density at radius 1 is 1.00 bits per heavy atom. The van der Waals surface area contributed by atoms with Crippen molar-refractivity contribution in [2.24, 2.45) is 0 Å². The zero-order chi connectivity index (χ0) is 9.54. The number of nitrogens with zero attached hydrogens (tertiary/aromatic N) is 1. The molecule has 68 valence electrons. The number of fused-ring (bicyclic) bond motifs is 2. The molecule has 0 radical (unpaired) electrons. The molecule has 2 aromatic heterocycles. The first-order chi connectivity index (χ1) is 6.83. The van der Waals surface area contributed by atoms with E-state index < -0.39 is 0 Å². The fraction of sp³-hybridized carbons (Fsp3) is 0. The molecular formula is C10H5NO3. The van der Waals surface area contributed by atoms with Gasteiger partial charge in [0.2, 0.25) is 0 Å². The van der Waals surface area contributed by atoms with Gasteiger partial charge in [0.15, 0.2) is 11.2 Å². The lowest BCUT2D eigenvalue weighted by Gasteiger charge is -1.94. The molecule has 0 amide bonds. The standard InChI is InChI=1S/C10H5NO3/c12-10-4-6-3-8-9(5-7(6)11-10)14-2-1-13-8/h1-5H. The van der Waals surface area contributed by atoms with Crippen molar-refractivity contribution in [1.29, 1.82) is 0 Å². The monoisotopic (exact) mass is 187 g/mol. The summed E-state index contributed by atoms with van der Waals surface area (Å²) < 4.78 is 10.4. The van der Waals surface area contributed by atoms with Crippen LogP contribution in [0.3, 0.4) is 0 Å². The Labute approximate surface area is 77.8 Å². The molecule has 4 nitrogen and oxygen atoms in total. The fourth-order valence-corrected chi connectivity index (χ4v) is 1.45. The molecule has 3 rings (SSSR count). The van der Waals surface area contributed by atoms with E-state index in [0.717, 1.165) is 5.39 Å². The highest BCUT2D eigenvalue weighted by atomic mass is 16.4. The van der Waals surface area contributed by atoms with E-state index in [1.54, 1.807) is 12.1 Å². The molecular weight excluding hydrogens is 182 g/mol. The molecule has 0 bridgehead atoms. The molecule has 0 aliphatic rings. The van der Waals surface area contributed by atoms with Crippen molar-refractivity contribution >= 4 is 22.1 Å². The zero-order valence-electron chi connectivity index (χ0n) is 7.06. The predicted octanol–water partition coefficient (Wildman–Crippen LogP) is 1.93. The van der Waals surface area contributed by atoms with Crippen molar-refractivity contribution in [3.8, 4) is 0 Å². The van der Waals surface area contributed by atoms with Crippen LogP contribution in [0.25, 0.3) is 22.1 Å². The van der Waals surface area contributed by atoms with E-state index >= 15 is 0 Å². The average molecular weight is 187 g/mol. The number of rotatable bonds is 0. The maximum absolute atomic E-state index is 11.0. The van der Waals surface area contributed by atoms with Crippen molar-refractivity contribution in [3.05, 3.63) is 41.1 Å². The van der Waals surface area contributed by atoms with Crippen LogP contribution in [0.15, 0.2) is 44.4 Å². The molecule has 0 aliphatic carbocycles. The number of hydrogen-bond acceptors (Lipinski definition) is 4. The predicted molar refractivity (Wildman–Crippen MR) is 50.1 cm³/mol. The van der Waals surface area contributed by atoms with Gasteiger partial charge in [-0.05, 0) is 6.07 Å². The SMILES string of the molecule is O=c1cc2cc3occoc3cc2n1. The van der Waals surface area contributed by atoms with Crippen LogP contribution in [0.2, 0.25) is 0 Å². The smallest absolute Gasteiger partial charge is 0.270 e. The van der Waals surface area contributed by atoms with Gasteiger partial charge < -0.3 is 8.83 Å². The Kier molecular flexibility index (Phi) is 1.28. The van der Waals surface area contributed by atoms with Gasteiger partial charge in [0.1, 0.15) is 12.5 Å². The summed E-state index contributed by atoms with van der Waals surface area (Å²) in [7, 11) is 0. The number of benzene rings is 1. The minimum atomic E-state index is -0.240. The molecule has 0 N–H and O–H groups in total. The van der Waals surface area contributed by atoms with Crippen LogP contribution in [0, 0.1) is 0 Å². The van der Waals surface area contributed by atoms with Crippen LogP contribution in [0.5, 0.6) is 0 Å². The second kappa shape index (κ2) is 2.45. The summed E-state index contributed by atoms with van der Waals surface area (Å²) in [6.45, 7) is 0. The minimum Gasteiger partial charge on any atom is -0.458 e. The van der Waals surface area contributed by atoms with E-state index in [4.69, 9.17) is 8.83 Å². The van der Waals surface area contributed by atoms with Crippen molar-refractivity contribution in [3.63, 3.8) is 0 Å². The van der Waals surface area contributed by atoms with E-state index in [1.165, 1.54) is 18.6 Å². The minimum absolute atomic E-state index is 0.240. The Morgan fingerprint density at radius 3 is 2.50 bits per heavy atom. The van der Waals surface area contributed by atoms with E-state index in [0.29, 0.717) is 16.7 Å². The van der Waals surface area contributed by atoms with Crippen LogP contribution in [0.1, 0.15) is 0 Å². The molecule has 0 aliphatic heterocycles. The molecule has 0 saturated carbocycles. The normalized spacial score (nSPS) is 11.1. The van der Waals surface area contributed by atoms with Gasteiger partial charge in [-0.2, -0.15) is 0 Å². The average Bonchev–Trinajstić information content (AvgIpc) is 2.53. The maximum atomic E-state index is 11.0. The van der Waals surface area contributed by atoms with E-state index in [-0.39, 0.29) is 5.56 Å². The summed E-state index contributed by atoms with van der Waals surface area (Å²) in [6, 6.07) is 4.90. The second-order valence-corrected chi connectivity index (χ2v) is 2.96. The highest BCUT2D eigenvalue weighted by molar-refractivity contribution is 5.91. The maximum Gasteiger partial charge on any atom is 0.270 e. The van der Waals surface area contributed by atoms with Crippen molar-refractivity contribution in [1.82, 2.24) is 4.98 Å². The molecule has 2 heterocycles. The fourth-order valence-electron chi connectivity index (χ4n) is 1.45. The third-order valence-corrected chi connectivity index (χ3v) is 2.05. The van der Waals surface area contributed by atoms with Crippen molar-refractivity contribution < 1.29 is 8.83 Å². The molecule has 0 fully saturated rings. The lowest BCUT2D eigenvalue weighted by molar-refractivity contribution is 0.510. The molecule has 1 aromatic carbocycles. The second-order valence-electron chi connectivity index (χ2n) is 2.96. The van der Waals surface area contributed by atoms with Crippen LogP contribution in [0.4, 0.5) is 0 Å². The Hall–Kier alpha value is -2.10. The third kappa shape index (κ3) is 0.939. The van der Waals surface area contributed by atoms with E-state index in [9.17, 15) is 4.79 Å². The summed E-state index contributed by atoms with van der Waals surface area (Å²) in [5.74, 6) is 0. The van der Waals surface area contributed by atoms with Gasteiger partial charge >= 0.3 is 0 Å². The van der Waals surface area contributed by atoms with Crippen molar-refractivity contribution in [2.45, 2.75) is 0 Å². The largest absolute Gasteiger partial charge is 0.458 e. The van der Waals surface area contributed by atoms with Crippen LogP contribution < -0.4 is 5.56 Å². The summed E-state index contributed by atoms with van der Waals surface area (Å²) in [6.07, 6.45) is 2.89. The third-order valence-electron chi connectivity index (χ3n) is 2.05. The van der Waals surface area contributed by atoms with Crippen molar-refractivity contribution in [2.75, 3.05) is 0 Å².